The van der Waals surface area contributed by atoms with Gasteiger partial charge in [0.25, 0.3) is 0 Å². The summed E-state index contributed by atoms with van der Waals surface area (Å²) >= 11 is 0. The molecular formula is C15H33P. The zero-order chi connectivity index (χ0) is 12.6. The largest absolute Gasteiger partial charge is 0.0972 e. The molecule has 0 aromatic heterocycles. The lowest BCUT2D eigenvalue weighted by atomic mass is 10.2. The van der Waals surface area contributed by atoms with Crippen molar-refractivity contribution >= 4 is 7.92 Å². The Morgan fingerprint density at radius 1 is 0.500 bits per heavy atom. The van der Waals surface area contributed by atoms with Crippen LogP contribution in [0.4, 0.5) is 0 Å². The van der Waals surface area contributed by atoms with Gasteiger partial charge in [-0.05, 0) is 55.5 Å². The third kappa shape index (κ3) is 4.36. The molecule has 0 heterocycles. The molecule has 0 saturated heterocycles. The minimum atomic E-state index is 0.248. The van der Waals surface area contributed by atoms with Gasteiger partial charge in [0, 0.05) is 0 Å². The Morgan fingerprint density at radius 2 is 0.688 bits per heavy atom. The molecule has 0 aromatic carbocycles. The minimum absolute atomic E-state index is 0.248. The van der Waals surface area contributed by atoms with Crippen molar-refractivity contribution in [1.29, 1.82) is 0 Å². The molecule has 0 radical (unpaired) electrons. The Balaban J connectivity index is 4.84. The predicted octanol–water partition coefficient (Wildman–Crippen LogP) is 6.03. The molecule has 0 amide bonds. The minimum Gasteiger partial charge on any atom is -0.0972 e. The molecule has 0 N–H and O–H groups in total. The van der Waals surface area contributed by atoms with Crippen LogP contribution < -0.4 is 0 Å². The second-order valence-electron chi connectivity index (χ2n) is 4.86. The molecule has 98 valence electrons. The molecule has 0 fully saturated rings. The van der Waals surface area contributed by atoms with Crippen LogP contribution in [0.3, 0.4) is 0 Å². The summed E-state index contributed by atoms with van der Waals surface area (Å²) in [5.41, 5.74) is 3.05. The highest BCUT2D eigenvalue weighted by molar-refractivity contribution is 7.59. The van der Waals surface area contributed by atoms with E-state index in [4.69, 9.17) is 0 Å². The molecule has 1 heteroatoms. The first kappa shape index (κ1) is 16.4. The Bertz CT molecular complexity index is 115. The Labute approximate surface area is 105 Å². The van der Waals surface area contributed by atoms with E-state index in [0.29, 0.717) is 0 Å². The monoisotopic (exact) mass is 244 g/mol. The van der Waals surface area contributed by atoms with Gasteiger partial charge in [0.2, 0.25) is 0 Å². The van der Waals surface area contributed by atoms with Crippen LogP contribution >= 0.6 is 7.92 Å². The van der Waals surface area contributed by atoms with E-state index < -0.39 is 0 Å². The van der Waals surface area contributed by atoms with Gasteiger partial charge in [-0.2, -0.15) is 0 Å². The van der Waals surface area contributed by atoms with Crippen LogP contribution in [0.15, 0.2) is 0 Å². The second kappa shape index (κ2) is 9.46. The topological polar surface area (TPSA) is 0 Å². The lowest BCUT2D eigenvalue weighted by molar-refractivity contribution is 0.681. The summed E-state index contributed by atoms with van der Waals surface area (Å²) < 4.78 is 0. The normalized spacial score (nSPS) is 12.4. The maximum atomic E-state index is 2.40. The SMILES string of the molecule is CCC(CC)P(C(CC)CC)C(CC)CC. The van der Waals surface area contributed by atoms with E-state index in [1.807, 2.05) is 0 Å². The Hall–Kier alpha value is 0.430. The van der Waals surface area contributed by atoms with Crippen LogP contribution in [0, 0.1) is 0 Å². The molecule has 0 aromatic rings. The van der Waals surface area contributed by atoms with Crippen molar-refractivity contribution in [2.75, 3.05) is 0 Å². The molecule has 0 nitrogen and oxygen atoms in total. The van der Waals surface area contributed by atoms with Crippen LogP contribution in [-0.4, -0.2) is 17.0 Å². The summed E-state index contributed by atoms with van der Waals surface area (Å²) in [5.74, 6) is 0. The van der Waals surface area contributed by atoms with Gasteiger partial charge in [0.1, 0.15) is 0 Å². The molecule has 0 atom stereocenters. The average molecular weight is 244 g/mol. The maximum Gasteiger partial charge on any atom is -0.0209 e. The number of rotatable bonds is 9. The van der Waals surface area contributed by atoms with Gasteiger partial charge in [0.15, 0.2) is 0 Å². The third-order valence-electron chi connectivity index (χ3n) is 4.09. The quantitative estimate of drug-likeness (QED) is 0.434. The van der Waals surface area contributed by atoms with Crippen LogP contribution in [0.2, 0.25) is 0 Å². The second-order valence-corrected chi connectivity index (χ2v) is 7.94. The lowest BCUT2D eigenvalue weighted by Gasteiger charge is -2.38. The first-order valence-corrected chi connectivity index (χ1v) is 9.02. The van der Waals surface area contributed by atoms with Crippen LogP contribution in [0.25, 0.3) is 0 Å². The van der Waals surface area contributed by atoms with Crippen molar-refractivity contribution in [2.45, 2.75) is 97.0 Å². The van der Waals surface area contributed by atoms with Gasteiger partial charge in [-0.1, -0.05) is 49.5 Å². The maximum absolute atomic E-state index is 2.40. The molecule has 0 spiro atoms. The fourth-order valence-electron chi connectivity index (χ4n) is 3.03. The number of hydrogen-bond acceptors (Lipinski definition) is 0. The molecule has 16 heavy (non-hydrogen) atoms. The number of hydrogen-bond donors (Lipinski definition) is 0. The molecule has 0 aliphatic heterocycles. The van der Waals surface area contributed by atoms with Gasteiger partial charge in [-0.3, -0.25) is 0 Å². The fourth-order valence-corrected chi connectivity index (χ4v) is 7.34. The van der Waals surface area contributed by atoms with Crippen LogP contribution in [-0.2, 0) is 0 Å². The van der Waals surface area contributed by atoms with Gasteiger partial charge < -0.3 is 0 Å². The first-order chi connectivity index (χ1) is 7.69. The third-order valence-corrected chi connectivity index (χ3v) is 8.81. The Kier molecular flexibility index (Phi) is 9.71. The van der Waals surface area contributed by atoms with E-state index >= 15 is 0 Å². The van der Waals surface area contributed by atoms with Crippen molar-refractivity contribution in [1.82, 2.24) is 0 Å². The van der Waals surface area contributed by atoms with E-state index in [-0.39, 0.29) is 7.92 Å². The first-order valence-electron chi connectivity index (χ1n) is 7.47. The summed E-state index contributed by atoms with van der Waals surface area (Å²) in [6, 6.07) is 0. The van der Waals surface area contributed by atoms with Crippen LogP contribution in [0.1, 0.15) is 80.1 Å². The molecule has 0 aliphatic rings. The highest BCUT2D eigenvalue weighted by Gasteiger charge is 2.29. The summed E-state index contributed by atoms with van der Waals surface area (Å²) in [4.78, 5) is 0. The van der Waals surface area contributed by atoms with E-state index in [9.17, 15) is 0 Å². The Morgan fingerprint density at radius 3 is 0.812 bits per heavy atom. The molecule has 0 aliphatic carbocycles. The van der Waals surface area contributed by atoms with E-state index in [1.54, 1.807) is 0 Å². The van der Waals surface area contributed by atoms with Gasteiger partial charge >= 0.3 is 0 Å². The summed E-state index contributed by atoms with van der Waals surface area (Å²) in [5, 5.41) is 0. The summed E-state index contributed by atoms with van der Waals surface area (Å²) in [6.07, 6.45) is 8.39. The summed E-state index contributed by atoms with van der Waals surface area (Å²) in [7, 11) is 0.248. The average Bonchev–Trinajstić information content (AvgIpc) is 2.33. The molecule has 0 rings (SSSR count). The van der Waals surface area contributed by atoms with Crippen molar-refractivity contribution in [3.63, 3.8) is 0 Å². The smallest absolute Gasteiger partial charge is 0.0209 e. The zero-order valence-corrected chi connectivity index (χ0v) is 13.3. The highest BCUT2D eigenvalue weighted by Crippen LogP contribution is 2.57. The fraction of sp³-hybridized carbons (Fsp3) is 1.00. The van der Waals surface area contributed by atoms with Gasteiger partial charge in [0.05, 0.1) is 0 Å². The molecular weight excluding hydrogens is 211 g/mol. The van der Waals surface area contributed by atoms with Gasteiger partial charge in [-0.15, -0.1) is 0 Å². The molecule has 0 unspecified atom stereocenters. The lowest BCUT2D eigenvalue weighted by Crippen LogP contribution is -2.21. The van der Waals surface area contributed by atoms with Gasteiger partial charge in [-0.25, -0.2) is 0 Å². The highest BCUT2D eigenvalue weighted by atomic mass is 31.1. The molecule has 0 bridgehead atoms. The zero-order valence-electron chi connectivity index (χ0n) is 12.4. The van der Waals surface area contributed by atoms with Crippen LogP contribution in [0.5, 0.6) is 0 Å². The van der Waals surface area contributed by atoms with Crippen molar-refractivity contribution < 1.29 is 0 Å². The van der Waals surface area contributed by atoms with Crippen molar-refractivity contribution in [3.05, 3.63) is 0 Å². The van der Waals surface area contributed by atoms with E-state index in [2.05, 4.69) is 41.5 Å². The standard InChI is InChI=1S/C15H33P/c1-7-13(8-2)16(14(9-3)10-4)15(11-5)12-6/h13-15H,7-12H2,1-6H3. The van der Waals surface area contributed by atoms with Crippen molar-refractivity contribution in [3.8, 4) is 0 Å². The molecule has 0 saturated carbocycles. The van der Waals surface area contributed by atoms with E-state index in [0.717, 1.165) is 17.0 Å². The van der Waals surface area contributed by atoms with Crippen molar-refractivity contribution in [2.24, 2.45) is 0 Å². The summed E-state index contributed by atoms with van der Waals surface area (Å²) in [6.45, 7) is 14.4. The van der Waals surface area contributed by atoms with E-state index in [1.165, 1.54) is 38.5 Å². The predicted molar refractivity (Wildman–Crippen MR) is 80.0 cm³/mol.